The maximum atomic E-state index is 4.33. The number of aliphatic imine (C=N–C) groups is 1. The first-order valence-electron chi connectivity index (χ1n) is 9.17. The molecule has 0 aromatic carbocycles. The molecule has 23 heavy (non-hydrogen) atoms. The highest BCUT2D eigenvalue weighted by molar-refractivity contribution is 14.0. The number of piperidine rings is 2. The van der Waals surface area contributed by atoms with Gasteiger partial charge >= 0.3 is 0 Å². The van der Waals surface area contributed by atoms with Crippen molar-refractivity contribution in [2.45, 2.75) is 39.0 Å². The van der Waals surface area contributed by atoms with E-state index in [4.69, 9.17) is 0 Å². The fraction of sp³-hybridized carbons (Fsp3) is 0.941. The van der Waals surface area contributed by atoms with E-state index in [0.29, 0.717) is 0 Å². The topological polar surface area (TPSA) is 42.9 Å². The van der Waals surface area contributed by atoms with E-state index in [1.807, 2.05) is 7.05 Å². The van der Waals surface area contributed by atoms with Crippen molar-refractivity contribution < 1.29 is 0 Å². The first-order valence-corrected chi connectivity index (χ1v) is 9.17. The molecule has 0 spiro atoms. The zero-order valence-corrected chi connectivity index (χ0v) is 17.3. The van der Waals surface area contributed by atoms with Crippen LogP contribution in [0, 0.1) is 5.92 Å². The molecule has 2 saturated heterocycles. The number of hydrogen-bond donors (Lipinski definition) is 2. The first-order chi connectivity index (χ1) is 10.8. The van der Waals surface area contributed by atoms with Crippen molar-refractivity contribution in [1.29, 1.82) is 0 Å². The number of halogens is 1. The second kappa shape index (κ2) is 12.3. The highest BCUT2D eigenvalue weighted by atomic mass is 127. The first kappa shape index (κ1) is 21.0. The molecule has 0 aromatic rings. The van der Waals surface area contributed by atoms with Gasteiger partial charge < -0.3 is 20.4 Å². The van der Waals surface area contributed by atoms with E-state index in [1.165, 1.54) is 58.3 Å². The Morgan fingerprint density at radius 1 is 0.957 bits per heavy atom. The molecule has 1 atom stereocenters. The molecular formula is C17H36IN5. The average Bonchev–Trinajstić information content (AvgIpc) is 2.54. The van der Waals surface area contributed by atoms with Crippen LogP contribution in [-0.4, -0.2) is 75.2 Å². The Bertz CT molecular complexity index is 331. The SMILES string of the molecule is CN=C(NCCN1CCCCC1)NCCN1CCCC(C)C1.I. The van der Waals surface area contributed by atoms with Gasteiger partial charge in [0.25, 0.3) is 0 Å². The van der Waals surface area contributed by atoms with Crippen molar-refractivity contribution in [1.82, 2.24) is 20.4 Å². The summed E-state index contributed by atoms with van der Waals surface area (Å²) in [5.74, 6) is 1.80. The van der Waals surface area contributed by atoms with E-state index in [2.05, 4.69) is 32.3 Å². The molecule has 1 unspecified atom stereocenters. The number of likely N-dealkylation sites (tertiary alicyclic amines) is 2. The summed E-state index contributed by atoms with van der Waals surface area (Å²) in [5.41, 5.74) is 0. The summed E-state index contributed by atoms with van der Waals surface area (Å²) in [4.78, 5) is 9.45. The van der Waals surface area contributed by atoms with Gasteiger partial charge in [-0.15, -0.1) is 24.0 Å². The molecule has 0 radical (unpaired) electrons. The largest absolute Gasteiger partial charge is 0.355 e. The molecule has 2 aliphatic rings. The third-order valence-corrected chi connectivity index (χ3v) is 4.85. The van der Waals surface area contributed by atoms with Crippen molar-refractivity contribution in [3.63, 3.8) is 0 Å². The van der Waals surface area contributed by atoms with Gasteiger partial charge in [0, 0.05) is 39.8 Å². The molecule has 5 nitrogen and oxygen atoms in total. The monoisotopic (exact) mass is 437 g/mol. The zero-order valence-electron chi connectivity index (χ0n) is 15.0. The van der Waals surface area contributed by atoms with Gasteiger partial charge in [-0.2, -0.15) is 0 Å². The van der Waals surface area contributed by atoms with E-state index >= 15 is 0 Å². The Labute approximate surface area is 159 Å². The molecule has 0 bridgehead atoms. The fourth-order valence-corrected chi connectivity index (χ4v) is 3.56. The maximum absolute atomic E-state index is 4.33. The standard InChI is InChI=1S/C17H35N5.HI/c1-16-7-6-12-22(15-16)14-9-20-17(18-2)19-8-13-21-10-4-3-5-11-21;/h16H,3-15H2,1-2H3,(H2,18,19,20);1H. The average molecular weight is 437 g/mol. The van der Waals surface area contributed by atoms with Crippen LogP contribution in [0.2, 0.25) is 0 Å². The third-order valence-electron chi connectivity index (χ3n) is 4.85. The molecule has 2 N–H and O–H groups in total. The Kier molecular flexibility index (Phi) is 11.2. The number of nitrogens with one attached hydrogen (secondary N) is 2. The second-order valence-electron chi connectivity index (χ2n) is 6.88. The predicted molar refractivity (Wildman–Crippen MR) is 110 cm³/mol. The van der Waals surface area contributed by atoms with Gasteiger partial charge in [-0.1, -0.05) is 13.3 Å². The van der Waals surface area contributed by atoms with Crippen LogP contribution in [0.1, 0.15) is 39.0 Å². The van der Waals surface area contributed by atoms with E-state index in [9.17, 15) is 0 Å². The van der Waals surface area contributed by atoms with Crippen LogP contribution >= 0.6 is 24.0 Å². The Morgan fingerprint density at radius 3 is 2.17 bits per heavy atom. The van der Waals surface area contributed by atoms with Gasteiger partial charge in [-0.25, -0.2) is 0 Å². The van der Waals surface area contributed by atoms with Crippen LogP contribution in [0.5, 0.6) is 0 Å². The summed E-state index contributed by atoms with van der Waals surface area (Å²) in [5, 5.41) is 6.89. The van der Waals surface area contributed by atoms with E-state index in [0.717, 1.165) is 38.1 Å². The summed E-state index contributed by atoms with van der Waals surface area (Å²) in [6, 6.07) is 0. The van der Waals surface area contributed by atoms with E-state index in [1.54, 1.807) is 0 Å². The quantitative estimate of drug-likeness (QED) is 0.379. The lowest BCUT2D eigenvalue weighted by Crippen LogP contribution is -2.45. The van der Waals surface area contributed by atoms with Gasteiger partial charge in [0.2, 0.25) is 0 Å². The molecule has 0 aromatic heterocycles. The van der Waals surface area contributed by atoms with Crippen LogP contribution in [0.15, 0.2) is 4.99 Å². The molecule has 2 fully saturated rings. The lowest BCUT2D eigenvalue weighted by atomic mass is 10.0. The minimum atomic E-state index is 0. The van der Waals surface area contributed by atoms with Crippen LogP contribution < -0.4 is 10.6 Å². The third kappa shape index (κ3) is 8.54. The Hall–Kier alpha value is -0.0800. The number of nitrogens with zero attached hydrogens (tertiary/aromatic N) is 3. The lowest BCUT2D eigenvalue weighted by molar-refractivity contribution is 0.186. The molecular weight excluding hydrogens is 401 g/mol. The smallest absolute Gasteiger partial charge is 0.191 e. The van der Waals surface area contributed by atoms with Crippen molar-refractivity contribution in [3.8, 4) is 0 Å². The molecule has 6 heteroatoms. The van der Waals surface area contributed by atoms with Gasteiger partial charge in [0.15, 0.2) is 5.96 Å². The normalized spacial score (nSPS) is 24.1. The highest BCUT2D eigenvalue weighted by Gasteiger charge is 2.15. The minimum Gasteiger partial charge on any atom is -0.355 e. The molecule has 2 rings (SSSR count). The summed E-state index contributed by atoms with van der Waals surface area (Å²) >= 11 is 0. The predicted octanol–water partition coefficient (Wildman–Crippen LogP) is 1.99. The van der Waals surface area contributed by atoms with Crippen molar-refractivity contribution in [2.24, 2.45) is 10.9 Å². The van der Waals surface area contributed by atoms with Gasteiger partial charge in [0.1, 0.15) is 0 Å². The summed E-state index contributed by atoms with van der Waals surface area (Å²) in [7, 11) is 1.86. The number of rotatable bonds is 6. The Balaban J connectivity index is 0.00000264. The number of hydrogen-bond acceptors (Lipinski definition) is 3. The van der Waals surface area contributed by atoms with E-state index < -0.39 is 0 Å². The molecule has 0 aliphatic carbocycles. The van der Waals surface area contributed by atoms with Crippen molar-refractivity contribution in [2.75, 3.05) is 59.4 Å². The van der Waals surface area contributed by atoms with Crippen LogP contribution in [-0.2, 0) is 0 Å². The van der Waals surface area contributed by atoms with Gasteiger partial charge in [-0.05, 0) is 51.2 Å². The molecule has 0 amide bonds. The number of guanidine groups is 1. The fourth-order valence-electron chi connectivity index (χ4n) is 3.56. The molecule has 0 saturated carbocycles. The zero-order chi connectivity index (χ0) is 15.6. The van der Waals surface area contributed by atoms with Crippen LogP contribution in [0.3, 0.4) is 0 Å². The summed E-state index contributed by atoms with van der Waals surface area (Å²) in [6.45, 7) is 11.6. The second-order valence-corrected chi connectivity index (χ2v) is 6.88. The highest BCUT2D eigenvalue weighted by Crippen LogP contribution is 2.14. The van der Waals surface area contributed by atoms with Gasteiger partial charge in [0.05, 0.1) is 0 Å². The molecule has 2 heterocycles. The maximum Gasteiger partial charge on any atom is 0.191 e. The van der Waals surface area contributed by atoms with Gasteiger partial charge in [-0.3, -0.25) is 4.99 Å². The van der Waals surface area contributed by atoms with E-state index in [-0.39, 0.29) is 24.0 Å². The lowest BCUT2D eigenvalue weighted by Gasteiger charge is -2.31. The summed E-state index contributed by atoms with van der Waals surface area (Å²) < 4.78 is 0. The van der Waals surface area contributed by atoms with Crippen molar-refractivity contribution in [3.05, 3.63) is 0 Å². The minimum absolute atomic E-state index is 0. The Morgan fingerprint density at radius 2 is 1.57 bits per heavy atom. The van der Waals surface area contributed by atoms with Crippen LogP contribution in [0.4, 0.5) is 0 Å². The van der Waals surface area contributed by atoms with Crippen LogP contribution in [0.25, 0.3) is 0 Å². The van der Waals surface area contributed by atoms with Crippen molar-refractivity contribution >= 4 is 29.9 Å². The molecule has 2 aliphatic heterocycles. The summed E-state index contributed by atoms with van der Waals surface area (Å²) in [6.07, 6.45) is 6.87. The molecule has 136 valence electrons.